The van der Waals surface area contributed by atoms with Crippen LogP contribution in [0.1, 0.15) is 41.1 Å². The molecule has 0 aliphatic carbocycles. The maximum absolute atomic E-state index is 12.5. The Balaban J connectivity index is 1.83. The third-order valence-corrected chi connectivity index (χ3v) is 3.87. The average molecular weight is 305 g/mol. The summed E-state index contributed by atoms with van der Waals surface area (Å²) >= 11 is 0. The van der Waals surface area contributed by atoms with Crippen molar-refractivity contribution in [1.29, 1.82) is 0 Å². The number of nitrogens with one attached hydrogen (secondary N) is 1. The van der Waals surface area contributed by atoms with Gasteiger partial charge in [0, 0.05) is 17.8 Å². The topological polar surface area (TPSA) is 54.9 Å². The van der Waals surface area contributed by atoms with Crippen LogP contribution in [0.3, 0.4) is 0 Å². The number of carbonyl (C=O) groups excluding carboxylic acids is 1. The van der Waals surface area contributed by atoms with Crippen molar-refractivity contribution in [2.75, 3.05) is 0 Å². The van der Waals surface area contributed by atoms with Crippen molar-refractivity contribution in [3.05, 3.63) is 71.8 Å². The Morgan fingerprint density at radius 2 is 1.91 bits per heavy atom. The van der Waals surface area contributed by atoms with E-state index in [1.54, 1.807) is 12.4 Å². The molecule has 1 atom stereocenters. The summed E-state index contributed by atoms with van der Waals surface area (Å²) in [5.41, 5.74) is 2.43. The molecule has 0 radical (unpaired) electrons. The van der Waals surface area contributed by atoms with Crippen LogP contribution in [0.2, 0.25) is 0 Å². The fourth-order valence-electron chi connectivity index (χ4n) is 2.58. The molecule has 1 amide bonds. The van der Waals surface area contributed by atoms with Gasteiger partial charge in [0.15, 0.2) is 0 Å². The number of hydrogen-bond acceptors (Lipinski definition) is 3. The number of aromatic nitrogens is 2. The number of hydrogen-bond donors (Lipinski definition) is 1. The molecule has 0 saturated heterocycles. The summed E-state index contributed by atoms with van der Waals surface area (Å²) in [7, 11) is 0. The highest BCUT2D eigenvalue weighted by Gasteiger charge is 2.16. The molecule has 2 aromatic heterocycles. The van der Waals surface area contributed by atoms with Crippen LogP contribution in [-0.2, 0) is 0 Å². The van der Waals surface area contributed by atoms with E-state index in [9.17, 15) is 4.79 Å². The van der Waals surface area contributed by atoms with E-state index in [1.807, 2.05) is 56.3 Å². The first-order valence-electron chi connectivity index (χ1n) is 7.75. The third kappa shape index (κ3) is 3.37. The second-order valence-electron chi connectivity index (χ2n) is 5.61. The van der Waals surface area contributed by atoms with Crippen molar-refractivity contribution in [3.8, 4) is 0 Å². The highest BCUT2D eigenvalue weighted by Crippen LogP contribution is 2.17. The zero-order valence-corrected chi connectivity index (χ0v) is 13.3. The number of benzene rings is 1. The number of amides is 1. The molecule has 0 aliphatic heterocycles. The number of nitrogens with zero attached hydrogens (tertiary/aromatic N) is 2. The van der Waals surface area contributed by atoms with Gasteiger partial charge in [-0.3, -0.25) is 14.8 Å². The predicted molar refractivity (Wildman–Crippen MR) is 91.2 cm³/mol. The van der Waals surface area contributed by atoms with E-state index in [2.05, 4.69) is 15.3 Å². The van der Waals surface area contributed by atoms with Crippen LogP contribution in [0.5, 0.6) is 0 Å². The monoisotopic (exact) mass is 305 g/mol. The molecule has 0 bridgehead atoms. The number of pyridine rings is 2. The van der Waals surface area contributed by atoms with Crippen LogP contribution in [-0.4, -0.2) is 15.9 Å². The van der Waals surface area contributed by atoms with Crippen molar-refractivity contribution in [2.24, 2.45) is 0 Å². The molecule has 1 N–H and O–H groups in total. The fourth-order valence-corrected chi connectivity index (χ4v) is 2.58. The van der Waals surface area contributed by atoms with E-state index in [0.29, 0.717) is 5.69 Å². The number of aryl methyl sites for hydroxylation is 1. The molecule has 4 heteroatoms. The maximum Gasteiger partial charge on any atom is 0.270 e. The highest BCUT2D eigenvalue weighted by atomic mass is 16.1. The van der Waals surface area contributed by atoms with Gasteiger partial charge in [-0.15, -0.1) is 0 Å². The predicted octanol–water partition coefficient (Wildman–Crippen LogP) is 3.82. The minimum Gasteiger partial charge on any atom is -0.342 e. The summed E-state index contributed by atoms with van der Waals surface area (Å²) < 4.78 is 0. The zero-order chi connectivity index (χ0) is 16.2. The van der Waals surface area contributed by atoms with Gasteiger partial charge < -0.3 is 5.32 Å². The molecule has 116 valence electrons. The first-order chi connectivity index (χ1) is 11.2. The Labute approximate surface area is 135 Å². The van der Waals surface area contributed by atoms with Crippen LogP contribution in [0.15, 0.2) is 54.9 Å². The van der Waals surface area contributed by atoms with Gasteiger partial charge in [0.1, 0.15) is 5.69 Å². The number of fused-ring (bicyclic) bond motifs is 1. The largest absolute Gasteiger partial charge is 0.342 e. The Hall–Kier alpha value is -2.75. The van der Waals surface area contributed by atoms with Gasteiger partial charge in [-0.05, 0) is 42.5 Å². The van der Waals surface area contributed by atoms with Gasteiger partial charge >= 0.3 is 0 Å². The summed E-state index contributed by atoms with van der Waals surface area (Å²) in [6, 6.07) is 13.5. The minimum atomic E-state index is -0.175. The Morgan fingerprint density at radius 3 is 2.65 bits per heavy atom. The molecule has 1 unspecified atom stereocenters. The molecular formula is C19H19N3O. The summed E-state index contributed by atoms with van der Waals surface area (Å²) in [5.74, 6) is -0.175. The van der Waals surface area contributed by atoms with Crippen molar-refractivity contribution >= 4 is 16.7 Å². The first kappa shape index (κ1) is 15.2. The van der Waals surface area contributed by atoms with E-state index in [1.165, 1.54) is 0 Å². The van der Waals surface area contributed by atoms with Crippen LogP contribution >= 0.6 is 0 Å². The SMILES string of the molecule is CCC(NC(=O)c1cc2ccccc2cn1)c1cc(C)ccn1. The van der Waals surface area contributed by atoms with Gasteiger partial charge in [-0.1, -0.05) is 31.2 Å². The summed E-state index contributed by atoms with van der Waals surface area (Å²) in [4.78, 5) is 21.2. The van der Waals surface area contributed by atoms with Gasteiger partial charge in [0.25, 0.3) is 5.91 Å². The quantitative estimate of drug-likeness (QED) is 0.797. The van der Waals surface area contributed by atoms with E-state index in [0.717, 1.165) is 28.5 Å². The van der Waals surface area contributed by atoms with Crippen LogP contribution in [0.25, 0.3) is 10.8 Å². The molecule has 2 heterocycles. The molecule has 3 aromatic rings. The molecule has 23 heavy (non-hydrogen) atoms. The maximum atomic E-state index is 12.5. The van der Waals surface area contributed by atoms with Crippen molar-refractivity contribution < 1.29 is 4.79 Å². The lowest BCUT2D eigenvalue weighted by Gasteiger charge is -2.16. The van der Waals surface area contributed by atoms with Crippen molar-refractivity contribution in [1.82, 2.24) is 15.3 Å². The summed E-state index contributed by atoms with van der Waals surface area (Å²) in [6.07, 6.45) is 4.28. The summed E-state index contributed by atoms with van der Waals surface area (Å²) in [5, 5.41) is 5.06. The lowest BCUT2D eigenvalue weighted by atomic mass is 10.1. The highest BCUT2D eigenvalue weighted by molar-refractivity contribution is 5.96. The van der Waals surface area contributed by atoms with Crippen molar-refractivity contribution in [2.45, 2.75) is 26.3 Å². The second kappa shape index (κ2) is 6.57. The van der Waals surface area contributed by atoms with E-state index >= 15 is 0 Å². The lowest BCUT2D eigenvalue weighted by molar-refractivity contribution is 0.0930. The van der Waals surface area contributed by atoms with E-state index in [4.69, 9.17) is 0 Å². The Morgan fingerprint density at radius 1 is 1.13 bits per heavy atom. The number of rotatable bonds is 4. The molecule has 0 fully saturated rings. The molecule has 4 nitrogen and oxygen atoms in total. The third-order valence-electron chi connectivity index (χ3n) is 3.87. The fraction of sp³-hybridized carbons (Fsp3) is 0.211. The standard InChI is InChI=1S/C19H19N3O/c1-3-16(17-10-13(2)8-9-20-17)22-19(23)18-11-14-6-4-5-7-15(14)12-21-18/h4-12,16H,3H2,1-2H3,(H,22,23). The molecule has 0 saturated carbocycles. The lowest BCUT2D eigenvalue weighted by Crippen LogP contribution is -2.29. The average Bonchev–Trinajstić information content (AvgIpc) is 2.59. The Bertz CT molecular complexity index is 845. The molecule has 0 spiro atoms. The zero-order valence-electron chi connectivity index (χ0n) is 13.3. The van der Waals surface area contributed by atoms with Gasteiger partial charge in [-0.25, -0.2) is 0 Å². The molecule has 3 rings (SSSR count). The van der Waals surface area contributed by atoms with Gasteiger partial charge in [-0.2, -0.15) is 0 Å². The van der Waals surface area contributed by atoms with Gasteiger partial charge in [0.2, 0.25) is 0 Å². The van der Waals surface area contributed by atoms with Crippen LogP contribution in [0, 0.1) is 6.92 Å². The van der Waals surface area contributed by atoms with E-state index in [-0.39, 0.29) is 11.9 Å². The Kier molecular flexibility index (Phi) is 4.33. The first-order valence-corrected chi connectivity index (χ1v) is 7.75. The molecule has 1 aromatic carbocycles. The van der Waals surface area contributed by atoms with Crippen LogP contribution < -0.4 is 5.32 Å². The normalized spacial score (nSPS) is 12.1. The molecular weight excluding hydrogens is 286 g/mol. The number of carbonyl (C=O) groups is 1. The second-order valence-corrected chi connectivity index (χ2v) is 5.61. The van der Waals surface area contributed by atoms with E-state index < -0.39 is 0 Å². The van der Waals surface area contributed by atoms with Crippen LogP contribution in [0.4, 0.5) is 0 Å². The molecule has 0 aliphatic rings. The smallest absolute Gasteiger partial charge is 0.270 e. The minimum absolute atomic E-state index is 0.115. The van der Waals surface area contributed by atoms with Gasteiger partial charge in [0.05, 0.1) is 11.7 Å². The summed E-state index contributed by atoms with van der Waals surface area (Å²) in [6.45, 7) is 4.05. The van der Waals surface area contributed by atoms with Crippen molar-refractivity contribution in [3.63, 3.8) is 0 Å².